The maximum Gasteiger partial charge on any atom is 0.153 e. The maximum atomic E-state index is 5.94. The van der Waals surface area contributed by atoms with Crippen molar-refractivity contribution in [2.24, 2.45) is 11.5 Å². The van der Waals surface area contributed by atoms with E-state index in [9.17, 15) is 0 Å². The van der Waals surface area contributed by atoms with Crippen LogP contribution in [0.3, 0.4) is 0 Å². The first-order valence-corrected chi connectivity index (χ1v) is 8.60. The number of nitrogens with zero attached hydrogens (tertiary/aromatic N) is 3. The Morgan fingerprint density at radius 1 is 1.12 bits per heavy atom. The van der Waals surface area contributed by atoms with Crippen molar-refractivity contribution in [1.29, 1.82) is 0 Å². The molecule has 0 saturated heterocycles. The normalized spacial score (nSPS) is 12.7. The first kappa shape index (κ1) is 18.1. The van der Waals surface area contributed by atoms with Crippen molar-refractivity contribution in [2.75, 3.05) is 19.7 Å². The lowest BCUT2D eigenvalue weighted by Gasteiger charge is -2.17. The van der Waals surface area contributed by atoms with E-state index in [1.807, 2.05) is 49.4 Å². The minimum absolute atomic E-state index is 0.323. The number of aromatic nitrogens is 3. The van der Waals surface area contributed by atoms with Crippen molar-refractivity contribution in [1.82, 2.24) is 15.0 Å². The van der Waals surface area contributed by atoms with Gasteiger partial charge in [-0.3, -0.25) is 4.98 Å². The fourth-order valence-corrected chi connectivity index (χ4v) is 2.71. The van der Waals surface area contributed by atoms with E-state index in [4.69, 9.17) is 21.2 Å². The van der Waals surface area contributed by atoms with Crippen LogP contribution in [-0.2, 0) is 4.74 Å². The van der Waals surface area contributed by atoms with Gasteiger partial charge in [-0.05, 0) is 43.3 Å². The monoisotopic (exact) mass is 349 g/mol. The smallest absolute Gasteiger partial charge is 0.153 e. The fraction of sp³-hybridized carbons (Fsp3) is 0.250. The molecular formula is C20H23N5O. The summed E-state index contributed by atoms with van der Waals surface area (Å²) in [5.41, 5.74) is 15.1. The minimum Gasteiger partial charge on any atom is -0.369 e. The highest BCUT2D eigenvalue weighted by atomic mass is 16.5. The van der Waals surface area contributed by atoms with E-state index in [0.717, 1.165) is 27.9 Å². The summed E-state index contributed by atoms with van der Waals surface area (Å²) in [6.45, 7) is 3.23. The van der Waals surface area contributed by atoms with Gasteiger partial charge in [-0.25, -0.2) is 9.97 Å². The van der Waals surface area contributed by atoms with Gasteiger partial charge < -0.3 is 16.2 Å². The largest absolute Gasteiger partial charge is 0.369 e. The molecule has 4 N–H and O–H groups in total. The third kappa shape index (κ3) is 4.29. The molecule has 3 rings (SSSR count). The Balaban J connectivity index is 2.05. The summed E-state index contributed by atoms with van der Waals surface area (Å²) in [5.74, 6) is 0.594. The Hall–Kier alpha value is -2.67. The highest BCUT2D eigenvalue weighted by Crippen LogP contribution is 2.25. The standard InChI is InChI=1S/C20H23N5O/c1-14-5-7-17-16(12-14)20(18(13-22)26-11-9-21)25-19(24-17)8-6-15-4-2-3-10-23-15/h2-8,10,12,18H,9,11,13,21-22H2,1H3. The number of hydrogen-bond acceptors (Lipinski definition) is 6. The Bertz CT molecular complexity index is 895. The van der Waals surface area contributed by atoms with Crippen molar-refractivity contribution in [3.8, 4) is 0 Å². The van der Waals surface area contributed by atoms with E-state index >= 15 is 0 Å². The van der Waals surface area contributed by atoms with Crippen LogP contribution < -0.4 is 11.5 Å². The van der Waals surface area contributed by atoms with Crippen LogP contribution in [-0.4, -0.2) is 34.6 Å². The van der Waals surface area contributed by atoms with Crippen molar-refractivity contribution in [3.63, 3.8) is 0 Å². The molecule has 6 heteroatoms. The number of fused-ring (bicyclic) bond motifs is 1. The molecule has 0 fully saturated rings. The van der Waals surface area contributed by atoms with Crippen molar-refractivity contribution in [3.05, 3.63) is 65.4 Å². The molecule has 0 spiro atoms. The van der Waals surface area contributed by atoms with Crippen molar-refractivity contribution >= 4 is 23.1 Å². The molecule has 1 unspecified atom stereocenters. The lowest BCUT2D eigenvalue weighted by molar-refractivity contribution is 0.0625. The molecule has 0 aliphatic rings. The topological polar surface area (TPSA) is 99.9 Å². The zero-order valence-corrected chi connectivity index (χ0v) is 14.8. The summed E-state index contributed by atoms with van der Waals surface area (Å²) in [6.07, 6.45) is 5.16. The number of ether oxygens (including phenoxy) is 1. The summed E-state index contributed by atoms with van der Waals surface area (Å²) >= 11 is 0. The van der Waals surface area contributed by atoms with Crippen LogP contribution in [0, 0.1) is 6.92 Å². The third-order valence-electron chi connectivity index (χ3n) is 3.94. The molecule has 0 bridgehead atoms. The maximum absolute atomic E-state index is 5.94. The van der Waals surface area contributed by atoms with Crippen LogP contribution >= 0.6 is 0 Å². The van der Waals surface area contributed by atoms with Gasteiger partial charge in [0.2, 0.25) is 0 Å². The number of rotatable bonds is 7. The van der Waals surface area contributed by atoms with E-state index in [0.29, 0.717) is 25.5 Å². The van der Waals surface area contributed by atoms with Crippen LogP contribution in [0.15, 0.2) is 42.6 Å². The van der Waals surface area contributed by atoms with Crippen molar-refractivity contribution < 1.29 is 4.74 Å². The Morgan fingerprint density at radius 2 is 2.00 bits per heavy atom. The second-order valence-electron chi connectivity index (χ2n) is 5.96. The van der Waals surface area contributed by atoms with Crippen LogP contribution in [0.1, 0.15) is 28.9 Å². The lowest BCUT2D eigenvalue weighted by atomic mass is 10.1. The van der Waals surface area contributed by atoms with Gasteiger partial charge in [-0.15, -0.1) is 0 Å². The Labute approximate surface area is 152 Å². The molecule has 2 heterocycles. The summed E-state index contributed by atoms with van der Waals surface area (Å²) in [6, 6.07) is 11.8. The van der Waals surface area contributed by atoms with Gasteiger partial charge in [0.1, 0.15) is 6.10 Å². The number of aryl methyl sites for hydroxylation is 1. The molecule has 6 nitrogen and oxygen atoms in total. The number of nitrogens with two attached hydrogens (primary N) is 2. The molecule has 0 amide bonds. The first-order chi connectivity index (χ1) is 12.7. The van der Waals surface area contributed by atoms with Crippen LogP contribution in [0.25, 0.3) is 23.1 Å². The quantitative estimate of drug-likeness (QED) is 0.680. The number of hydrogen-bond donors (Lipinski definition) is 2. The van der Waals surface area contributed by atoms with E-state index in [1.54, 1.807) is 6.20 Å². The van der Waals surface area contributed by atoms with Crippen LogP contribution in [0.2, 0.25) is 0 Å². The molecule has 26 heavy (non-hydrogen) atoms. The van der Waals surface area contributed by atoms with Gasteiger partial charge in [-0.2, -0.15) is 0 Å². The Kier molecular flexibility index (Phi) is 6.01. The molecule has 134 valence electrons. The Morgan fingerprint density at radius 3 is 2.73 bits per heavy atom. The second kappa shape index (κ2) is 8.62. The zero-order valence-electron chi connectivity index (χ0n) is 14.8. The molecule has 1 atom stereocenters. The van der Waals surface area contributed by atoms with Crippen molar-refractivity contribution in [2.45, 2.75) is 13.0 Å². The van der Waals surface area contributed by atoms with Gasteiger partial charge in [-0.1, -0.05) is 17.7 Å². The molecule has 0 saturated carbocycles. The predicted octanol–water partition coefficient (Wildman–Crippen LogP) is 2.48. The summed E-state index contributed by atoms with van der Waals surface area (Å²) in [4.78, 5) is 13.6. The molecule has 2 aromatic heterocycles. The van der Waals surface area contributed by atoms with Crippen LogP contribution in [0.5, 0.6) is 0 Å². The summed E-state index contributed by atoms with van der Waals surface area (Å²) < 4.78 is 5.82. The van der Waals surface area contributed by atoms with E-state index in [2.05, 4.69) is 16.0 Å². The number of benzene rings is 1. The highest BCUT2D eigenvalue weighted by Gasteiger charge is 2.17. The third-order valence-corrected chi connectivity index (χ3v) is 3.94. The average Bonchev–Trinajstić information content (AvgIpc) is 2.68. The van der Waals surface area contributed by atoms with Gasteiger partial charge >= 0.3 is 0 Å². The molecule has 0 aliphatic carbocycles. The number of pyridine rings is 1. The second-order valence-corrected chi connectivity index (χ2v) is 5.96. The highest BCUT2D eigenvalue weighted by molar-refractivity contribution is 5.83. The average molecular weight is 349 g/mol. The summed E-state index contributed by atoms with van der Waals surface area (Å²) in [7, 11) is 0. The van der Waals surface area contributed by atoms with E-state index in [1.165, 1.54) is 0 Å². The van der Waals surface area contributed by atoms with Gasteiger partial charge in [0.15, 0.2) is 5.82 Å². The lowest BCUT2D eigenvalue weighted by Crippen LogP contribution is -2.21. The first-order valence-electron chi connectivity index (χ1n) is 8.60. The van der Waals surface area contributed by atoms with Crippen LogP contribution in [0.4, 0.5) is 0 Å². The molecule has 1 aromatic carbocycles. The van der Waals surface area contributed by atoms with E-state index in [-0.39, 0.29) is 6.10 Å². The molecular weight excluding hydrogens is 326 g/mol. The SMILES string of the molecule is Cc1ccc2nc(C=Cc3ccccn3)nc(C(CN)OCCN)c2c1. The molecule has 3 aromatic rings. The minimum atomic E-state index is -0.326. The summed E-state index contributed by atoms with van der Waals surface area (Å²) in [5, 5.41) is 0.951. The fourth-order valence-electron chi connectivity index (χ4n) is 2.71. The van der Waals surface area contributed by atoms with Gasteiger partial charge in [0, 0.05) is 24.7 Å². The molecule has 0 radical (unpaired) electrons. The van der Waals surface area contributed by atoms with Gasteiger partial charge in [0.05, 0.1) is 23.5 Å². The van der Waals surface area contributed by atoms with Gasteiger partial charge in [0.25, 0.3) is 0 Å². The molecule has 0 aliphatic heterocycles. The van der Waals surface area contributed by atoms with E-state index < -0.39 is 0 Å². The predicted molar refractivity (Wildman–Crippen MR) is 104 cm³/mol. The zero-order chi connectivity index (χ0) is 18.4.